The summed E-state index contributed by atoms with van der Waals surface area (Å²) >= 11 is 0. The molecule has 0 radical (unpaired) electrons. The van der Waals surface area contributed by atoms with Gasteiger partial charge in [0.25, 0.3) is 0 Å². The van der Waals surface area contributed by atoms with Crippen LogP contribution < -0.4 is 0 Å². The van der Waals surface area contributed by atoms with Gasteiger partial charge in [0.1, 0.15) is 11.6 Å². The van der Waals surface area contributed by atoms with Crippen LogP contribution in [0.5, 0.6) is 0 Å². The molecule has 0 spiro atoms. The molecule has 0 saturated carbocycles. The highest BCUT2D eigenvalue weighted by Crippen LogP contribution is 2.39. The molecule has 34 heavy (non-hydrogen) atoms. The molecular weight excluding hydrogens is 441 g/mol. The Bertz CT molecular complexity index is 1310. The number of hydrogen-bond donors (Lipinski definition) is 0. The van der Waals surface area contributed by atoms with E-state index in [1.54, 1.807) is 24.3 Å². The predicted octanol–water partition coefficient (Wildman–Crippen LogP) is 6.81. The second-order valence-electron chi connectivity index (χ2n) is 8.51. The van der Waals surface area contributed by atoms with E-state index >= 15 is 0 Å². The van der Waals surface area contributed by atoms with E-state index in [0.29, 0.717) is 41.9 Å². The van der Waals surface area contributed by atoms with Gasteiger partial charge in [0.15, 0.2) is 5.58 Å². The number of rotatable bonds is 5. The highest BCUT2D eigenvalue weighted by Gasteiger charge is 2.34. The number of carbonyl (C=O) groups excluding carboxylic acids is 1. The number of alkyl halides is 3. The molecule has 3 aromatic carbocycles. The standard InChI is InChI=1S/C27H23F3N2O2/c28-27(29,30)21-10-5-4-9-20(21)19-13-14-24-22(17-19)31-26(34-24)23-11-6-16-32(23)25(33)15-12-18-7-2-1-3-8-18/h1-5,7-10,13-14,17,23H,6,11-12,15-16H2/t23-/m1/s1. The monoisotopic (exact) mass is 464 g/mol. The topological polar surface area (TPSA) is 46.3 Å². The molecule has 0 unspecified atom stereocenters. The number of halogens is 3. The van der Waals surface area contributed by atoms with Gasteiger partial charge >= 0.3 is 6.18 Å². The first-order chi connectivity index (χ1) is 16.4. The van der Waals surface area contributed by atoms with E-state index in [0.717, 1.165) is 24.5 Å². The van der Waals surface area contributed by atoms with Crippen molar-refractivity contribution < 1.29 is 22.4 Å². The molecule has 0 aliphatic carbocycles. The van der Waals surface area contributed by atoms with Crippen molar-refractivity contribution in [2.45, 2.75) is 37.9 Å². The summed E-state index contributed by atoms with van der Waals surface area (Å²) in [5.41, 5.74) is 1.91. The number of carbonyl (C=O) groups is 1. The van der Waals surface area contributed by atoms with Gasteiger partial charge in [-0.25, -0.2) is 4.98 Å². The summed E-state index contributed by atoms with van der Waals surface area (Å²) in [4.78, 5) is 19.3. The van der Waals surface area contributed by atoms with Crippen molar-refractivity contribution in [2.24, 2.45) is 0 Å². The fraction of sp³-hybridized carbons (Fsp3) is 0.259. The van der Waals surface area contributed by atoms with Gasteiger partial charge in [-0.3, -0.25) is 4.79 Å². The van der Waals surface area contributed by atoms with Gasteiger partial charge in [-0.15, -0.1) is 0 Å². The fourth-order valence-corrected chi connectivity index (χ4v) is 4.60. The fourth-order valence-electron chi connectivity index (χ4n) is 4.60. The second kappa shape index (κ2) is 8.97. The quantitative estimate of drug-likeness (QED) is 0.326. The maximum Gasteiger partial charge on any atom is 0.417 e. The molecule has 0 N–H and O–H groups in total. The average molecular weight is 464 g/mol. The van der Waals surface area contributed by atoms with Crippen LogP contribution in [-0.4, -0.2) is 22.3 Å². The van der Waals surface area contributed by atoms with E-state index in [4.69, 9.17) is 4.42 Å². The molecule has 1 fully saturated rings. The SMILES string of the molecule is O=C(CCc1ccccc1)N1CCC[C@@H]1c1nc2cc(-c3ccccc3C(F)(F)F)ccc2o1. The molecule has 2 heterocycles. The Morgan fingerprint density at radius 2 is 1.79 bits per heavy atom. The third kappa shape index (κ3) is 4.42. The minimum absolute atomic E-state index is 0.0494. The minimum atomic E-state index is -4.45. The number of oxazole rings is 1. The number of amides is 1. The highest BCUT2D eigenvalue weighted by atomic mass is 19.4. The third-order valence-corrected chi connectivity index (χ3v) is 6.28. The molecule has 5 rings (SSSR count). The lowest BCUT2D eigenvalue weighted by Crippen LogP contribution is -2.30. The van der Waals surface area contributed by atoms with Crippen LogP contribution in [0.15, 0.2) is 77.2 Å². The number of benzene rings is 3. The van der Waals surface area contributed by atoms with E-state index in [9.17, 15) is 18.0 Å². The Labute approximate surface area is 195 Å². The van der Waals surface area contributed by atoms with Crippen LogP contribution >= 0.6 is 0 Å². The molecule has 174 valence electrons. The van der Waals surface area contributed by atoms with Crippen LogP contribution in [0.2, 0.25) is 0 Å². The Hall–Kier alpha value is -3.61. The number of aromatic nitrogens is 1. The first-order valence-corrected chi connectivity index (χ1v) is 11.3. The van der Waals surface area contributed by atoms with Crippen LogP contribution in [0.4, 0.5) is 13.2 Å². The maximum atomic E-state index is 13.5. The minimum Gasteiger partial charge on any atom is -0.438 e. The number of fused-ring (bicyclic) bond motifs is 1. The maximum absolute atomic E-state index is 13.5. The molecule has 1 amide bonds. The van der Waals surface area contributed by atoms with Crippen molar-refractivity contribution in [3.8, 4) is 11.1 Å². The molecule has 7 heteroatoms. The van der Waals surface area contributed by atoms with Gasteiger partial charge in [0.2, 0.25) is 11.8 Å². The van der Waals surface area contributed by atoms with Crippen molar-refractivity contribution in [2.75, 3.05) is 6.54 Å². The summed E-state index contributed by atoms with van der Waals surface area (Å²) in [6.07, 6.45) is -1.79. The molecule has 1 saturated heterocycles. The van der Waals surface area contributed by atoms with Gasteiger partial charge in [-0.2, -0.15) is 13.2 Å². The average Bonchev–Trinajstić information content (AvgIpc) is 3.49. The summed E-state index contributed by atoms with van der Waals surface area (Å²) in [5.74, 6) is 0.482. The number of likely N-dealkylation sites (tertiary alicyclic amines) is 1. The van der Waals surface area contributed by atoms with Crippen molar-refractivity contribution >= 4 is 17.0 Å². The van der Waals surface area contributed by atoms with Crippen molar-refractivity contribution in [1.29, 1.82) is 0 Å². The summed E-state index contributed by atoms with van der Waals surface area (Å²) in [6.45, 7) is 0.640. The summed E-state index contributed by atoms with van der Waals surface area (Å²) < 4.78 is 46.4. The van der Waals surface area contributed by atoms with Crippen LogP contribution in [0.3, 0.4) is 0 Å². The molecule has 1 aliphatic rings. The normalized spacial score (nSPS) is 16.3. The Balaban J connectivity index is 1.39. The van der Waals surface area contributed by atoms with E-state index in [2.05, 4.69) is 4.98 Å². The van der Waals surface area contributed by atoms with Gasteiger partial charge < -0.3 is 9.32 Å². The molecule has 1 atom stereocenters. The zero-order valence-electron chi connectivity index (χ0n) is 18.4. The molecular formula is C27H23F3N2O2. The van der Waals surface area contributed by atoms with E-state index < -0.39 is 11.7 Å². The predicted molar refractivity (Wildman–Crippen MR) is 123 cm³/mol. The van der Waals surface area contributed by atoms with Crippen molar-refractivity contribution in [1.82, 2.24) is 9.88 Å². The van der Waals surface area contributed by atoms with Crippen LogP contribution in [0.1, 0.15) is 42.3 Å². The first kappa shape index (κ1) is 22.2. The lowest BCUT2D eigenvalue weighted by molar-refractivity contribution is -0.137. The zero-order chi connectivity index (χ0) is 23.7. The van der Waals surface area contributed by atoms with Crippen LogP contribution in [0.25, 0.3) is 22.2 Å². The zero-order valence-corrected chi connectivity index (χ0v) is 18.4. The second-order valence-corrected chi connectivity index (χ2v) is 8.51. The van der Waals surface area contributed by atoms with Gasteiger partial charge in [-0.1, -0.05) is 54.6 Å². The number of nitrogens with zero attached hydrogens (tertiary/aromatic N) is 2. The van der Waals surface area contributed by atoms with E-state index in [1.165, 1.54) is 12.1 Å². The van der Waals surface area contributed by atoms with Gasteiger partial charge in [0, 0.05) is 13.0 Å². The third-order valence-electron chi connectivity index (χ3n) is 6.28. The number of aryl methyl sites for hydroxylation is 1. The Kier molecular flexibility index (Phi) is 5.86. The van der Waals surface area contributed by atoms with Gasteiger partial charge in [0.05, 0.1) is 5.56 Å². The first-order valence-electron chi connectivity index (χ1n) is 11.3. The Morgan fingerprint density at radius 1 is 1.03 bits per heavy atom. The van der Waals surface area contributed by atoms with Crippen molar-refractivity contribution in [3.05, 3.63) is 89.8 Å². The lowest BCUT2D eigenvalue weighted by Gasteiger charge is -2.22. The van der Waals surface area contributed by atoms with Crippen LogP contribution in [0, 0.1) is 0 Å². The molecule has 4 aromatic rings. The summed E-state index contributed by atoms with van der Waals surface area (Å²) in [6, 6.07) is 20.0. The lowest BCUT2D eigenvalue weighted by atomic mass is 9.99. The smallest absolute Gasteiger partial charge is 0.417 e. The van der Waals surface area contributed by atoms with E-state index in [-0.39, 0.29) is 17.5 Å². The largest absolute Gasteiger partial charge is 0.438 e. The summed E-state index contributed by atoms with van der Waals surface area (Å²) in [5, 5.41) is 0. The van der Waals surface area contributed by atoms with Crippen molar-refractivity contribution in [3.63, 3.8) is 0 Å². The molecule has 4 nitrogen and oxygen atoms in total. The number of hydrogen-bond acceptors (Lipinski definition) is 3. The molecule has 1 aliphatic heterocycles. The van der Waals surface area contributed by atoms with Crippen LogP contribution in [-0.2, 0) is 17.4 Å². The Morgan fingerprint density at radius 3 is 2.59 bits per heavy atom. The molecule has 1 aromatic heterocycles. The van der Waals surface area contributed by atoms with E-state index in [1.807, 2.05) is 35.2 Å². The summed E-state index contributed by atoms with van der Waals surface area (Å²) in [7, 11) is 0. The molecule has 0 bridgehead atoms. The van der Waals surface area contributed by atoms with Gasteiger partial charge in [-0.05, 0) is 54.2 Å². The highest BCUT2D eigenvalue weighted by molar-refractivity contribution is 5.82.